The summed E-state index contributed by atoms with van der Waals surface area (Å²) < 4.78 is 38.2. The second kappa shape index (κ2) is 8.28. The molecule has 1 aliphatic rings. The van der Waals surface area contributed by atoms with Crippen LogP contribution in [0.3, 0.4) is 0 Å². The Balaban J connectivity index is 1.80. The molecule has 1 heterocycles. The summed E-state index contributed by atoms with van der Waals surface area (Å²) in [4.78, 5) is 16.5. The highest BCUT2D eigenvalue weighted by atomic mass is 35.5. The molecular weight excluding hydrogens is 440 g/mol. The van der Waals surface area contributed by atoms with Crippen molar-refractivity contribution < 1.29 is 22.4 Å². The van der Waals surface area contributed by atoms with Crippen LogP contribution in [0.2, 0.25) is 5.02 Å². The summed E-state index contributed by atoms with van der Waals surface area (Å²) in [6, 6.07) is 3.11. The van der Waals surface area contributed by atoms with Gasteiger partial charge >= 0.3 is 6.09 Å². The Bertz CT molecular complexity index is 1070. The average molecular weight is 471 g/mol. The predicted octanol–water partition coefficient (Wildman–Crippen LogP) is 5.39. The molecule has 1 fully saturated rings. The van der Waals surface area contributed by atoms with E-state index in [-0.39, 0.29) is 27.0 Å². The molecule has 1 saturated carbocycles. The first-order valence-electron chi connectivity index (χ1n) is 10.5. The summed E-state index contributed by atoms with van der Waals surface area (Å²) in [6.45, 7) is 11.3. The van der Waals surface area contributed by atoms with Gasteiger partial charge in [-0.25, -0.2) is 18.2 Å². The fourth-order valence-electron chi connectivity index (χ4n) is 3.69. The van der Waals surface area contributed by atoms with Crippen LogP contribution in [0.15, 0.2) is 21.4 Å². The van der Waals surface area contributed by atoms with Crippen LogP contribution in [-0.2, 0) is 20.0 Å². The number of carbonyl (C=O) groups excluding carboxylic acids is 1. The van der Waals surface area contributed by atoms with Crippen LogP contribution in [0.5, 0.6) is 0 Å². The number of amides is 1. The third-order valence-electron chi connectivity index (χ3n) is 5.22. The van der Waals surface area contributed by atoms with Gasteiger partial charge in [0, 0.05) is 11.5 Å². The van der Waals surface area contributed by atoms with Crippen LogP contribution >= 0.6 is 11.6 Å². The first-order valence-corrected chi connectivity index (χ1v) is 12.4. The van der Waals surface area contributed by atoms with E-state index >= 15 is 0 Å². The molecule has 1 aliphatic carbocycles. The van der Waals surface area contributed by atoms with Crippen molar-refractivity contribution >= 4 is 38.6 Å². The van der Waals surface area contributed by atoms with Gasteiger partial charge in [-0.3, -0.25) is 0 Å². The van der Waals surface area contributed by atoms with E-state index in [1.165, 1.54) is 0 Å². The topological polar surface area (TPSA) is 98.5 Å². The number of ether oxygens (including phenoxy) is 1. The highest BCUT2D eigenvalue weighted by molar-refractivity contribution is 7.92. The number of benzene rings is 1. The molecule has 0 saturated heterocycles. The van der Waals surface area contributed by atoms with Gasteiger partial charge in [-0.15, -0.1) is 0 Å². The van der Waals surface area contributed by atoms with Gasteiger partial charge in [-0.2, -0.15) is 0 Å². The van der Waals surface area contributed by atoms with E-state index in [1.54, 1.807) is 32.9 Å². The summed E-state index contributed by atoms with van der Waals surface area (Å²) in [5.74, 6) is 0.464. The van der Waals surface area contributed by atoms with Gasteiger partial charge in [0.15, 0.2) is 15.4 Å². The van der Waals surface area contributed by atoms with Gasteiger partial charge in [-0.1, -0.05) is 32.4 Å². The monoisotopic (exact) mass is 470 g/mol. The Hall–Kier alpha value is -1.80. The molecule has 3 rings (SSSR count). The van der Waals surface area contributed by atoms with Gasteiger partial charge in [0.05, 0.1) is 10.3 Å². The highest BCUT2D eigenvalue weighted by Gasteiger charge is 2.37. The molecule has 1 N–H and O–H groups in total. The Morgan fingerprint density at radius 1 is 1.13 bits per heavy atom. The Morgan fingerprint density at radius 3 is 2.29 bits per heavy atom. The summed E-state index contributed by atoms with van der Waals surface area (Å²) in [7, 11) is -3.74. The Kier molecular flexibility index (Phi) is 6.37. The molecule has 0 atom stereocenters. The quantitative estimate of drug-likeness (QED) is 0.645. The lowest BCUT2D eigenvalue weighted by Gasteiger charge is -2.30. The summed E-state index contributed by atoms with van der Waals surface area (Å²) in [5.41, 5.74) is -0.249. The summed E-state index contributed by atoms with van der Waals surface area (Å²) in [6.07, 6.45) is 1.43. The van der Waals surface area contributed by atoms with Gasteiger partial charge in [0.2, 0.25) is 5.89 Å². The zero-order valence-corrected chi connectivity index (χ0v) is 20.5. The third-order valence-corrected chi connectivity index (χ3v) is 7.97. The molecule has 1 aromatic carbocycles. The van der Waals surface area contributed by atoms with Crippen molar-refractivity contribution in [2.45, 2.75) is 94.4 Å². The molecule has 172 valence electrons. The van der Waals surface area contributed by atoms with Crippen LogP contribution < -0.4 is 5.32 Å². The smallest absolute Gasteiger partial charge is 0.407 e. The molecule has 0 bridgehead atoms. The Labute approximate surface area is 188 Å². The molecule has 2 aromatic rings. The minimum atomic E-state index is -3.74. The number of sulfone groups is 1. The van der Waals surface area contributed by atoms with Crippen LogP contribution in [0, 0.1) is 0 Å². The average Bonchev–Trinajstić information content (AvgIpc) is 3.04. The van der Waals surface area contributed by atoms with Gasteiger partial charge in [0.25, 0.3) is 0 Å². The van der Waals surface area contributed by atoms with E-state index < -0.39 is 26.8 Å². The number of hydrogen-bond acceptors (Lipinski definition) is 6. The zero-order valence-electron chi connectivity index (χ0n) is 18.9. The first kappa shape index (κ1) is 23.9. The standard InChI is InChI=1S/C22H31ClN2O5S/c1-21(2,3)19-25-16-12-11-15(23)18(17(16)29-19)31(27,28)14-9-7-13(8-10-14)24-20(26)30-22(4,5)6/h11-14H,7-10H2,1-6H3,(H,24,26). The number of nitrogens with zero attached hydrogens (tertiary/aromatic N) is 1. The number of oxazole rings is 1. The number of alkyl carbamates (subject to hydrolysis) is 1. The largest absolute Gasteiger partial charge is 0.444 e. The van der Waals surface area contributed by atoms with Crippen LogP contribution in [0.25, 0.3) is 11.1 Å². The Morgan fingerprint density at radius 2 is 1.74 bits per heavy atom. The van der Waals surface area contributed by atoms with E-state index in [0.29, 0.717) is 37.1 Å². The van der Waals surface area contributed by atoms with Crippen molar-refractivity contribution in [3.8, 4) is 0 Å². The molecule has 0 spiro atoms. The number of halogens is 1. The van der Waals surface area contributed by atoms with Gasteiger partial charge in [-0.05, 0) is 58.6 Å². The molecule has 9 heteroatoms. The molecule has 1 aromatic heterocycles. The maximum Gasteiger partial charge on any atom is 0.407 e. The lowest BCUT2D eigenvalue weighted by molar-refractivity contribution is 0.0493. The fraction of sp³-hybridized carbons (Fsp3) is 0.636. The lowest BCUT2D eigenvalue weighted by atomic mass is 9.95. The van der Waals surface area contributed by atoms with Crippen LogP contribution in [0.1, 0.15) is 73.1 Å². The second-order valence-corrected chi connectivity index (χ2v) is 12.7. The van der Waals surface area contributed by atoms with Gasteiger partial charge in [0.1, 0.15) is 16.0 Å². The van der Waals surface area contributed by atoms with Crippen molar-refractivity contribution in [3.05, 3.63) is 23.0 Å². The van der Waals surface area contributed by atoms with Crippen molar-refractivity contribution in [1.29, 1.82) is 0 Å². The first-order chi connectivity index (χ1) is 14.2. The van der Waals surface area contributed by atoms with E-state index in [1.807, 2.05) is 20.8 Å². The minimum absolute atomic E-state index is 0.0122. The maximum absolute atomic E-state index is 13.5. The number of fused-ring (bicyclic) bond motifs is 1. The predicted molar refractivity (Wildman–Crippen MR) is 120 cm³/mol. The highest BCUT2D eigenvalue weighted by Crippen LogP contribution is 2.38. The molecule has 0 radical (unpaired) electrons. The minimum Gasteiger partial charge on any atom is -0.444 e. The van der Waals surface area contributed by atoms with E-state index in [0.717, 1.165) is 0 Å². The third kappa shape index (κ3) is 5.34. The van der Waals surface area contributed by atoms with Crippen LogP contribution in [-0.4, -0.2) is 36.4 Å². The number of aromatic nitrogens is 1. The SMILES string of the molecule is CC(C)(C)OC(=O)NC1CCC(S(=O)(=O)c2c(Cl)ccc3nc(C(C)(C)C)oc23)CC1. The molecular formula is C22H31ClN2O5S. The number of carbonyl (C=O) groups is 1. The normalized spacial score (nSPS) is 20.6. The van der Waals surface area contributed by atoms with Crippen molar-refractivity contribution in [2.75, 3.05) is 0 Å². The number of rotatable bonds is 3. The lowest BCUT2D eigenvalue weighted by Crippen LogP contribution is -2.42. The van der Waals surface area contributed by atoms with E-state index in [4.69, 9.17) is 20.8 Å². The number of nitrogens with one attached hydrogen (secondary N) is 1. The van der Waals surface area contributed by atoms with Crippen molar-refractivity contribution in [1.82, 2.24) is 10.3 Å². The molecule has 0 aliphatic heterocycles. The van der Waals surface area contributed by atoms with Crippen molar-refractivity contribution in [2.24, 2.45) is 0 Å². The van der Waals surface area contributed by atoms with Crippen LogP contribution in [0.4, 0.5) is 4.79 Å². The molecule has 0 unspecified atom stereocenters. The maximum atomic E-state index is 13.5. The summed E-state index contributed by atoms with van der Waals surface area (Å²) in [5, 5.41) is 2.37. The molecule has 31 heavy (non-hydrogen) atoms. The zero-order chi connectivity index (χ0) is 23.2. The molecule has 1 amide bonds. The van der Waals surface area contributed by atoms with Gasteiger partial charge < -0.3 is 14.5 Å². The van der Waals surface area contributed by atoms with Crippen molar-refractivity contribution in [3.63, 3.8) is 0 Å². The fourth-order valence-corrected chi connectivity index (χ4v) is 6.13. The second-order valence-electron chi connectivity index (χ2n) is 10.2. The number of hydrogen-bond donors (Lipinski definition) is 1. The van der Waals surface area contributed by atoms with E-state index in [9.17, 15) is 13.2 Å². The summed E-state index contributed by atoms with van der Waals surface area (Å²) >= 11 is 6.35. The molecule has 7 nitrogen and oxygen atoms in total. The van der Waals surface area contributed by atoms with E-state index in [2.05, 4.69) is 10.3 Å².